The third-order valence-electron chi connectivity index (χ3n) is 4.91. The van der Waals surface area contributed by atoms with Gasteiger partial charge in [0.15, 0.2) is 5.96 Å². The van der Waals surface area contributed by atoms with E-state index >= 15 is 0 Å². The fraction of sp³-hybridized carbons (Fsp3) is 0.895. The zero-order valence-electron chi connectivity index (χ0n) is 16.9. The summed E-state index contributed by atoms with van der Waals surface area (Å²) < 4.78 is 5.51. The lowest BCUT2D eigenvalue weighted by atomic mass is 9.93. The van der Waals surface area contributed by atoms with Crippen LogP contribution in [0.15, 0.2) is 4.99 Å². The van der Waals surface area contributed by atoms with Crippen molar-refractivity contribution in [3.05, 3.63) is 0 Å². The molecule has 0 aromatic rings. The zero-order valence-corrected chi connectivity index (χ0v) is 16.9. The van der Waals surface area contributed by atoms with E-state index in [1.54, 1.807) is 0 Å². The highest BCUT2D eigenvalue weighted by atomic mass is 16.6. The third kappa shape index (κ3) is 6.08. The number of likely N-dealkylation sites (tertiary alicyclic amines) is 2. The van der Waals surface area contributed by atoms with Gasteiger partial charge in [0, 0.05) is 39.8 Å². The Labute approximate surface area is 153 Å². The average molecular weight is 353 g/mol. The second-order valence-corrected chi connectivity index (χ2v) is 9.20. The van der Waals surface area contributed by atoms with Gasteiger partial charge < -0.3 is 19.9 Å². The highest BCUT2D eigenvalue weighted by Crippen LogP contribution is 2.28. The molecule has 25 heavy (non-hydrogen) atoms. The van der Waals surface area contributed by atoms with Crippen LogP contribution in [0.25, 0.3) is 0 Å². The summed E-state index contributed by atoms with van der Waals surface area (Å²) in [6.45, 7) is 14.8. The predicted octanol–water partition coefficient (Wildman–Crippen LogP) is 2.94. The molecule has 0 aromatic heterocycles. The summed E-state index contributed by atoms with van der Waals surface area (Å²) in [6.07, 6.45) is 3.17. The molecule has 0 aliphatic carbocycles. The Balaban J connectivity index is 1.83. The maximum Gasteiger partial charge on any atom is 0.410 e. The van der Waals surface area contributed by atoms with E-state index in [0.717, 1.165) is 51.5 Å². The number of ether oxygens (including phenoxy) is 1. The van der Waals surface area contributed by atoms with E-state index in [4.69, 9.17) is 4.74 Å². The molecule has 1 N–H and O–H groups in total. The lowest BCUT2D eigenvalue weighted by Crippen LogP contribution is -2.47. The van der Waals surface area contributed by atoms with Crippen LogP contribution in [-0.4, -0.2) is 67.2 Å². The summed E-state index contributed by atoms with van der Waals surface area (Å²) in [5.41, 5.74) is -0.0805. The van der Waals surface area contributed by atoms with Crippen molar-refractivity contribution in [1.29, 1.82) is 0 Å². The lowest BCUT2D eigenvalue weighted by Gasteiger charge is -2.34. The summed E-state index contributed by atoms with van der Waals surface area (Å²) in [4.78, 5) is 20.9. The van der Waals surface area contributed by atoms with Gasteiger partial charge in [0.05, 0.1) is 0 Å². The van der Waals surface area contributed by atoms with E-state index in [1.165, 1.54) is 6.42 Å². The van der Waals surface area contributed by atoms with E-state index in [2.05, 4.69) is 29.1 Å². The minimum Gasteiger partial charge on any atom is -0.444 e. The molecule has 2 rings (SSSR count). The normalized spacial score (nSPS) is 24.4. The van der Waals surface area contributed by atoms with Crippen LogP contribution in [0.1, 0.15) is 53.9 Å². The summed E-state index contributed by atoms with van der Waals surface area (Å²) in [7, 11) is 1.85. The first-order valence-electron chi connectivity index (χ1n) is 9.53. The molecular weight excluding hydrogens is 316 g/mol. The van der Waals surface area contributed by atoms with Gasteiger partial charge in [0.2, 0.25) is 0 Å². The number of hydrogen-bond donors (Lipinski definition) is 1. The van der Waals surface area contributed by atoms with Crippen molar-refractivity contribution in [2.24, 2.45) is 16.3 Å². The molecule has 2 aliphatic rings. The van der Waals surface area contributed by atoms with Gasteiger partial charge in [-0.2, -0.15) is 0 Å². The molecular formula is C19H36N4O2. The zero-order chi connectivity index (χ0) is 18.7. The molecule has 0 bridgehead atoms. The molecule has 0 spiro atoms. The van der Waals surface area contributed by atoms with Gasteiger partial charge in [-0.1, -0.05) is 13.8 Å². The van der Waals surface area contributed by atoms with Gasteiger partial charge in [0.25, 0.3) is 0 Å². The molecule has 1 unspecified atom stereocenters. The van der Waals surface area contributed by atoms with Crippen LogP contribution in [0.3, 0.4) is 0 Å². The van der Waals surface area contributed by atoms with E-state index in [0.29, 0.717) is 11.3 Å². The minimum absolute atomic E-state index is 0.192. The van der Waals surface area contributed by atoms with E-state index in [9.17, 15) is 4.79 Å². The fourth-order valence-electron chi connectivity index (χ4n) is 3.59. The van der Waals surface area contributed by atoms with Gasteiger partial charge in [-0.25, -0.2) is 4.79 Å². The van der Waals surface area contributed by atoms with Crippen molar-refractivity contribution >= 4 is 12.1 Å². The van der Waals surface area contributed by atoms with Crippen LogP contribution in [0.4, 0.5) is 4.79 Å². The first-order chi connectivity index (χ1) is 11.6. The van der Waals surface area contributed by atoms with Gasteiger partial charge in [-0.3, -0.25) is 4.99 Å². The number of guanidine groups is 1. The van der Waals surface area contributed by atoms with Crippen LogP contribution in [0.2, 0.25) is 0 Å². The van der Waals surface area contributed by atoms with Crippen LogP contribution < -0.4 is 5.32 Å². The van der Waals surface area contributed by atoms with Gasteiger partial charge in [-0.05, 0) is 51.4 Å². The van der Waals surface area contributed by atoms with Crippen molar-refractivity contribution in [3.8, 4) is 0 Å². The Morgan fingerprint density at radius 2 is 2.00 bits per heavy atom. The van der Waals surface area contributed by atoms with E-state index in [1.807, 2.05) is 32.7 Å². The van der Waals surface area contributed by atoms with Crippen LogP contribution in [0.5, 0.6) is 0 Å². The predicted molar refractivity (Wildman–Crippen MR) is 102 cm³/mol. The summed E-state index contributed by atoms with van der Waals surface area (Å²) >= 11 is 0. The number of piperidine rings is 1. The highest BCUT2D eigenvalue weighted by molar-refractivity contribution is 5.80. The maximum absolute atomic E-state index is 12.3. The SMILES string of the molecule is CN=C(NCC1CCCN(C(=O)OC(C)(C)C)C1)N1CCC(C)(C)C1. The monoisotopic (exact) mass is 352 g/mol. The molecule has 1 amide bonds. The quantitative estimate of drug-likeness (QED) is 0.613. The van der Waals surface area contributed by atoms with E-state index < -0.39 is 5.60 Å². The van der Waals surface area contributed by atoms with Crippen molar-refractivity contribution in [1.82, 2.24) is 15.1 Å². The van der Waals surface area contributed by atoms with Crippen molar-refractivity contribution in [2.45, 2.75) is 59.5 Å². The summed E-state index contributed by atoms with van der Waals surface area (Å²) in [6, 6.07) is 0. The summed E-state index contributed by atoms with van der Waals surface area (Å²) in [5, 5.41) is 3.52. The largest absolute Gasteiger partial charge is 0.444 e. The first kappa shape index (κ1) is 19.9. The van der Waals surface area contributed by atoms with Crippen molar-refractivity contribution < 1.29 is 9.53 Å². The lowest BCUT2D eigenvalue weighted by molar-refractivity contribution is 0.0168. The van der Waals surface area contributed by atoms with Crippen LogP contribution in [0, 0.1) is 11.3 Å². The molecule has 2 aliphatic heterocycles. The Morgan fingerprint density at radius 1 is 1.28 bits per heavy atom. The maximum atomic E-state index is 12.3. The number of nitrogens with zero attached hydrogens (tertiary/aromatic N) is 3. The summed E-state index contributed by atoms with van der Waals surface area (Å²) in [5.74, 6) is 1.42. The van der Waals surface area contributed by atoms with E-state index in [-0.39, 0.29) is 6.09 Å². The fourth-order valence-corrected chi connectivity index (χ4v) is 3.59. The second-order valence-electron chi connectivity index (χ2n) is 9.20. The number of rotatable bonds is 2. The Hall–Kier alpha value is -1.46. The molecule has 2 heterocycles. The molecule has 1 atom stereocenters. The standard InChI is InChI=1S/C19H36N4O2/c1-18(2,3)25-17(24)22-10-7-8-15(13-22)12-21-16(20-6)23-11-9-19(4,5)14-23/h15H,7-14H2,1-6H3,(H,20,21). The molecule has 6 heteroatoms. The third-order valence-corrected chi connectivity index (χ3v) is 4.91. The molecule has 144 valence electrons. The Bertz CT molecular complexity index is 496. The smallest absolute Gasteiger partial charge is 0.410 e. The number of carbonyl (C=O) groups is 1. The number of aliphatic imine (C=N–C) groups is 1. The van der Waals surface area contributed by atoms with Gasteiger partial charge in [-0.15, -0.1) is 0 Å². The molecule has 0 saturated carbocycles. The molecule has 2 fully saturated rings. The second kappa shape index (κ2) is 7.83. The topological polar surface area (TPSA) is 57.2 Å². The Morgan fingerprint density at radius 3 is 2.56 bits per heavy atom. The van der Waals surface area contributed by atoms with Crippen LogP contribution in [-0.2, 0) is 4.74 Å². The average Bonchev–Trinajstić information content (AvgIpc) is 2.86. The molecule has 0 radical (unpaired) electrons. The minimum atomic E-state index is -0.438. The number of carbonyl (C=O) groups excluding carboxylic acids is 1. The molecule has 6 nitrogen and oxygen atoms in total. The van der Waals surface area contributed by atoms with Gasteiger partial charge in [0.1, 0.15) is 5.60 Å². The Kier molecular flexibility index (Phi) is 6.22. The van der Waals surface area contributed by atoms with Gasteiger partial charge >= 0.3 is 6.09 Å². The van der Waals surface area contributed by atoms with Crippen LogP contribution >= 0.6 is 0 Å². The number of amides is 1. The highest BCUT2D eigenvalue weighted by Gasteiger charge is 2.32. The van der Waals surface area contributed by atoms with Crippen molar-refractivity contribution in [2.75, 3.05) is 39.8 Å². The van der Waals surface area contributed by atoms with Crippen molar-refractivity contribution in [3.63, 3.8) is 0 Å². The molecule has 0 aromatic carbocycles. The number of nitrogens with one attached hydrogen (secondary N) is 1. The molecule has 2 saturated heterocycles. The number of hydrogen-bond acceptors (Lipinski definition) is 3. The first-order valence-corrected chi connectivity index (χ1v) is 9.53.